The zero-order valence-corrected chi connectivity index (χ0v) is 10.4. The summed E-state index contributed by atoms with van der Waals surface area (Å²) in [6, 6.07) is 14.4. The number of rotatable bonds is 2. The van der Waals surface area contributed by atoms with Crippen molar-refractivity contribution in [1.29, 1.82) is 5.26 Å². The molecule has 0 aliphatic carbocycles. The Morgan fingerprint density at radius 1 is 1.06 bits per heavy atom. The third-order valence-corrected chi connectivity index (χ3v) is 2.83. The van der Waals surface area contributed by atoms with Crippen LogP contribution in [0.25, 0.3) is 0 Å². The van der Waals surface area contributed by atoms with Crippen LogP contribution in [-0.2, 0) is 0 Å². The van der Waals surface area contributed by atoms with Crippen LogP contribution in [0.4, 0.5) is 5.69 Å². The van der Waals surface area contributed by atoms with Crippen molar-refractivity contribution in [1.82, 2.24) is 0 Å². The topological polar surface area (TPSA) is 59.0 Å². The lowest BCUT2D eigenvalue weighted by Gasteiger charge is -2.06. The Balaban J connectivity index is 2.22. The third kappa shape index (κ3) is 2.77. The molecule has 0 fully saturated rings. The van der Waals surface area contributed by atoms with Gasteiger partial charge < -0.3 is 10.5 Å². The molecule has 17 heavy (non-hydrogen) atoms. The molecular formula is C13H9BrN2O. The van der Waals surface area contributed by atoms with Crippen LogP contribution < -0.4 is 10.5 Å². The number of hydrogen-bond donors (Lipinski definition) is 1. The number of ether oxygens (including phenoxy) is 1. The van der Waals surface area contributed by atoms with Crippen LogP contribution >= 0.6 is 15.9 Å². The highest BCUT2D eigenvalue weighted by molar-refractivity contribution is 9.10. The van der Waals surface area contributed by atoms with Crippen molar-refractivity contribution in [3.8, 4) is 17.6 Å². The van der Waals surface area contributed by atoms with Crippen LogP contribution in [0.15, 0.2) is 46.9 Å². The predicted octanol–water partition coefficient (Wildman–Crippen LogP) is 3.70. The van der Waals surface area contributed by atoms with E-state index in [-0.39, 0.29) is 0 Å². The lowest BCUT2D eigenvalue weighted by Crippen LogP contribution is -1.87. The third-order valence-electron chi connectivity index (χ3n) is 2.18. The summed E-state index contributed by atoms with van der Waals surface area (Å²) in [5, 5.41) is 8.79. The van der Waals surface area contributed by atoms with Crippen LogP contribution in [0.2, 0.25) is 0 Å². The molecule has 3 nitrogen and oxygen atoms in total. The summed E-state index contributed by atoms with van der Waals surface area (Å²) in [6.45, 7) is 0. The number of benzene rings is 2. The van der Waals surface area contributed by atoms with Gasteiger partial charge in [-0.25, -0.2) is 0 Å². The van der Waals surface area contributed by atoms with Gasteiger partial charge in [0.25, 0.3) is 0 Å². The zero-order chi connectivity index (χ0) is 12.3. The maximum atomic E-state index is 8.79. The molecule has 0 radical (unpaired) electrons. The highest BCUT2D eigenvalue weighted by atomic mass is 79.9. The van der Waals surface area contributed by atoms with E-state index in [2.05, 4.69) is 22.0 Å². The maximum Gasteiger partial charge on any atom is 0.128 e. The van der Waals surface area contributed by atoms with Crippen molar-refractivity contribution in [2.24, 2.45) is 0 Å². The van der Waals surface area contributed by atoms with E-state index < -0.39 is 0 Å². The summed E-state index contributed by atoms with van der Waals surface area (Å²) in [4.78, 5) is 0. The van der Waals surface area contributed by atoms with Crippen molar-refractivity contribution in [3.05, 3.63) is 52.5 Å². The SMILES string of the molecule is N#Cc1ccc(Oc2ccc(N)cc2)cc1Br. The first-order valence-corrected chi connectivity index (χ1v) is 5.71. The van der Waals surface area contributed by atoms with Crippen LogP contribution in [0.5, 0.6) is 11.5 Å². The van der Waals surface area contributed by atoms with Gasteiger partial charge in [0.15, 0.2) is 0 Å². The molecule has 0 bridgehead atoms. The zero-order valence-electron chi connectivity index (χ0n) is 8.85. The molecule has 0 aliphatic heterocycles. The molecule has 2 aromatic rings. The molecule has 0 atom stereocenters. The quantitative estimate of drug-likeness (QED) is 0.858. The van der Waals surface area contributed by atoms with Crippen molar-refractivity contribution < 1.29 is 4.74 Å². The summed E-state index contributed by atoms with van der Waals surface area (Å²) in [6.07, 6.45) is 0. The number of nitriles is 1. The minimum absolute atomic E-state index is 0.578. The van der Waals surface area contributed by atoms with Gasteiger partial charge in [0, 0.05) is 10.2 Å². The average Bonchev–Trinajstić information content (AvgIpc) is 2.32. The largest absolute Gasteiger partial charge is 0.457 e. The van der Waals surface area contributed by atoms with E-state index >= 15 is 0 Å². The van der Waals surface area contributed by atoms with Gasteiger partial charge in [0.1, 0.15) is 17.6 Å². The molecule has 0 heterocycles. The van der Waals surface area contributed by atoms with Gasteiger partial charge in [0.2, 0.25) is 0 Å². The fraction of sp³-hybridized carbons (Fsp3) is 0. The first-order chi connectivity index (χ1) is 8.19. The van der Waals surface area contributed by atoms with Crippen LogP contribution in [0.1, 0.15) is 5.56 Å². The van der Waals surface area contributed by atoms with Gasteiger partial charge in [-0.2, -0.15) is 5.26 Å². The minimum Gasteiger partial charge on any atom is -0.457 e. The number of nitrogens with two attached hydrogens (primary N) is 1. The Morgan fingerprint density at radius 3 is 2.29 bits per heavy atom. The first-order valence-electron chi connectivity index (χ1n) is 4.92. The molecule has 2 rings (SSSR count). The van der Waals surface area contributed by atoms with Crippen LogP contribution in [-0.4, -0.2) is 0 Å². The lowest BCUT2D eigenvalue weighted by molar-refractivity contribution is 0.482. The maximum absolute atomic E-state index is 8.79. The highest BCUT2D eigenvalue weighted by Gasteiger charge is 2.02. The lowest BCUT2D eigenvalue weighted by atomic mass is 10.2. The molecule has 0 amide bonds. The van der Waals surface area contributed by atoms with Gasteiger partial charge in [0.05, 0.1) is 5.56 Å². The Kier molecular flexibility index (Phi) is 3.31. The van der Waals surface area contributed by atoms with Gasteiger partial charge in [-0.15, -0.1) is 0 Å². The van der Waals surface area contributed by atoms with E-state index in [1.165, 1.54) is 0 Å². The van der Waals surface area contributed by atoms with Crippen molar-refractivity contribution in [2.45, 2.75) is 0 Å². The first kappa shape index (κ1) is 11.5. The molecule has 0 spiro atoms. The van der Waals surface area contributed by atoms with E-state index in [0.29, 0.717) is 27.2 Å². The normalized spacial score (nSPS) is 9.65. The molecule has 0 aromatic heterocycles. The predicted molar refractivity (Wildman–Crippen MR) is 69.8 cm³/mol. The number of hydrogen-bond acceptors (Lipinski definition) is 3. The van der Waals surface area contributed by atoms with Gasteiger partial charge in [-0.3, -0.25) is 0 Å². The van der Waals surface area contributed by atoms with E-state index in [0.717, 1.165) is 0 Å². The van der Waals surface area contributed by atoms with Crippen LogP contribution in [0, 0.1) is 11.3 Å². The van der Waals surface area contributed by atoms with Gasteiger partial charge in [-0.1, -0.05) is 0 Å². The molecule has 0 saturated heterocycles. The summed E-state index contributed by atoms with van der Waals surface area (Å²) in [5.41, 5.74) is 6.85. The molecule has 84 valence electrons. The second-order valence-electron chi connectivity index (χ2n) is 3.42. The molecule has 0 unspecified atom stereocenters. The molecule has 4 heteroatoms. The molecule has 2 aromatic carbocycles. The second kappa shape index (κ2) is 4.89. The van der Waals surface area contributed by atoms with Crippen molar-refractivity contribution in [3.63, 3.8) is 0 Å². The average molecular weight is 289 g/mol. The summed E-state index contributed by atoms with van der Waals surface area (Å²) in [7, 11) is 0. The minimum atomic E-state index is 0.578. The fourth-order valence-electron chi connectivity index (χ4n) is 1.32. The van der Waals surface area contributed by atoms with Crippen molar-refractivity contribution in [2.75, 3.05) is 5.73 Å². The van der Waals surface area contributed by atoms with E-state index in [9.17, 15) is 0 Å². The number of anilines is 1. The Hall–Kier alpha value is -1.99. The van der Waals surface area contributed by atoms with Gasteiger partial charge in [-0.05, 0) is 58.4 Å². The second-order valence-corrected chi connectivity index (χ2v) is 4.28. The Morgan fingerprint density at radius 2 is 1.71 bits per heavy atom. The monoisotopic (exact) mass is 288 g/mol. The number of nitrogen functional groups attached to an aromatic ring is 1. The standard InChI is InChI=1S/C13H9BrN2O/c14-13-7-12(4-1-9(13)8-15)17-11-5-2-10(16)3-6-11/h1-7H,16H2. The smallest absolute Gasteiger partial charge is 0.128 e. The van der Waals surface area contributed by atoms with E-state index in [4.69, 9.17) is 15.7 Å². The molecule has 0 aliphatic rings. The molecule has 0 saturated carbocycles. The number of halogens is 1. The Labute approximate surface area is 108 Å². The summed E-state index contributed by atoms with van der Waals surface area (Å²) < 4.78 is 6.33. The van der Waals surface area contributed by atoms with Gasteiger partial charge >= 0.3 is 0 Å². The highest BCUT2D eigenvalue weighted by Crippen LogP contribution is 2.27. The fourth-order valence-corrected chi connectivity index (χ4v) is 1.77. The molecule has 2 N–H and O–H groups in total. The van der Waals surface area contributed by atoms with E-state index in [1.54, 1.807) is 42.5 Å². The number of nitrogens with zero attached hydrogens (tertiary/aromatic N) is 1. The van der Waals surface area contributed by atoms with E-state index in [1.807, 2.05) is 0 Å². The Bertz CT molecular complexity index is 573. The summed E-state index contributed by atoms with van der Waals surface area (Å²) >= 11 is 3.31. The van der Waals surface area contributed by atoms with Crippen LogP contribution in [0.3, 0.4) is 0 Å². The molecular weight excluding hydrogens is 280 g/mol. The van der Waals surface area contributed by atoms with Crippen molar-refractivity contribution >= 4 is 21.6 Å². The summed E-state index contributed by atoms with van der Waals surface area (Å²) in [5.74, 6) is 1.37.